The van der Waals surface area contributed by atoms with Crippen LogP contribution in [0.2, 0.25) is 0 Å². The smallest absolute Gasteiger partial charge is 0.417 e. The Morgan fingerprint density at radius 1 is 1.02 bits per heavy atom. The number of ether oxygens (including phenoxy) is 1. The maximum Gasteiger partial charge on any atom is 0.417 e. The molecule has 2 aliphatic rings. The van der Waals surface area contributed by atoms with Crippen LogP contribution in [-0.4, -0.2) is 54.4 Å². The van der Waals surface area contributed by atoms with Crippen LogP contribution in [0.15, 0.2) is 72.6 Å². The van der Waals surface area contributed by atoms with E-state index < -0.39 is 29.1 Å². The van der Waals surface area contributed by atoms with Gasteiger partial charge < -0.3 is 19.9 Å². The minimum atomic E-state index is -4.60. The van der Waals surface area contributed by atoms with Crippen molar-refractivity contribution in [1.29, 1.82) is 5.26 Å². The molecule has 1 saturated heterocycles. The molecule has 2 heterocycles. The number of allylic oxidation sites excluding steroid dienone is 4. The number of pyridine rings is 1. The molecule has 2 aromatic rings. The summed E-state index contributed by atoms with van der Waals surface area (Å²) in [5.74, 6) is 1.41. The summed E-state index contributed by atoms with van der Waals surface area (Å²) in [7, 11) is 0. The number of hydrogen-bond donors (Lipinski definition) is 1. The zero-order valence-electron chi connectivity index (χ0n) is 23.7. The summed E-state index contributed by atoms with van der Waals surface area (Å²) in [5, 5.41) is 12.2. The van der Waals surface area contributed by atoms with Crippen LogP contribution in [0, 0.1) is 11.3 Å². The lowest BCUT2D eigenvalue weighted by Crippen LogP contribution is -2.45. The molecule has 12 heteroatoms. The largest absolute Gasteiger partial charge is 0.490 e. The van der Waals surface area contributed by atoms with Gasteiger partial charge in [0, 0.05) is 55.9 Å². The summed E-state index contributed by atoms with van der Waals surface area (Å²) in [6, 6.07) is 8.90. The van der Waals surface area contributed by atoms with Crippen molar-refractivity contribution in [2.45, 2.75) is 57.1 Å². The molecule has 0 unspecified atom stereocenters. The number of aromatic nitrogens is 1. The van der Waals surface area contributed by atoms with E-state index >= 15 is 0 Å². The van der Waals surface area contributed by atoms with Crippen LogP contribution in [-0.2, 0) is 6.18 Å². The third-order valence-electron chi connectivity index (χ3n) is 7.61. The zero-order chi connectivity index (χ0) is 31.2. The highest BCUT2D eigenvalue weighted by molar-refractivity contribution is 5.53. The number of nitrogens with one attached hydrogen (secondary N) is 1. The lowest BCUT2D eigenvalue weighted by molar-refractivity contribution is -0.137. The number of halogens is 6. The Kier molecular flexibility index (Phi) is 9.94. The molecule has 0 amide bonds. The first kappa shape index (κ1) is 31.8. The Bertz CT molecular complexity index is 1380. The van der Waals surface area contributed by atoms with Gasteiger partial charge in [-0.2, -0.15) is 31.6 Å². The third kappa shape index (κ3) is 8.46. The van der Waals surface area contributed by atoms with Crippen molar-refractivity contribution in [3.63, 3.8) is 0 Å². The highest BCUT2D eigenvalue weighted by atomic mass is 19.4. The minimum Gasteiger partial charge on any atom is -0.490 e. The number of alkyl halides is 6. The zero-order valence-corrected chi connectivity index (χ0v) is 23.7. The van der Waals surface area contributed by atoms with Crippen LogP contribution in [0.4, 0.5) is 37.8 Å². The molecule has 0 spiro atoms. The normalized spacial score (nSPS) is 20.2. The summed E-state index contributed by atoms with van der Waals surface area (Å²) in [4.78, 5) is 8.49. The van der Waals surface area contributed by atoms with Gasteiger partial charge in [-0.25, -0.2) is 4.98 Å². The molecule has 0 radical (unpaired) electrons. The second kappa shape index (κ2) is 13.4. The third-order valence-corrected chi connectivity index (χ3v) is 7.61. The van der Waals surface area contributed by atoms with E-state index in [2.05, 4.69) is 21.8 Å². The van der Waals surface area contributed by atoms with Gasteiger partial charge in [-0.05, 0) is 69.0 Å². The van der Waals surface area contributed by atoms with Crippen LogP contribution in [0.25, 0.3) is 0 Å². The van der Waals surface area contributed by atoms with Gasteiger partial charge >= 0.3 is 12.4 Å². The van der Waals surface area contributed by atoms with Gasteiger partial charge in [-0.1, -0.05) is 12.7 Å². The molecular weight excluding hydrogens is 572 g/mol. The van der Waals surface area contributed by atoms with Crippen molar-refractivity contribution in [3.05, 3.63) is 83.7 Å². The Morgan fingerprint density at radius 3 is 2.33 bits per heavy atom. The van der Waals surface area contributed by atoms with Crippen LogP contribution in [0.1, 0.15) is 43.7 Å². The Morgan fingerprint density at radius 2 is 1.72 bits per heavy atom. The predicted molar refractivity (Wildman–Crippen MR) is 153 cm³/mol. The van der Waals surface area contributed by atoms with Gasteiger partial charge in [0.05, 0.1) is 28.9 Å². The summed E-state index contributed by atoms with van der Waals surface area (Å²) in [5.41, 5.74) is -1.22. The van der Waals surface area contributed by atoms with Crippen LogP contribution < -0.4 is 15.0 Å². The molecule has 4 rings (SSSR count). The molecule has 2 fully saturated rings. The predicted octanol–water partition coefficient (Wildman–Crippen LogP) is 7.47. The topological polar surface area (TPSA) is 64.4 Å². The molecule has 1 aliphatic heterocycles. The quantitative estimate of drug-likeness (QED) is 0.249. The van der Waals surface area contributed by atoms with Gasteiger partial charge in [0.25, 0.3) is 0 Å². The number of hydrogen-bond acceptors (Lipinski definition) is 6. The van der Waals surface area contributed by atoms with E-state index in [9.17, 15) is 26.3 Å². The molecule has 0 atom stereocenters. The fraction of sp³-hybridized carbons (Fsp3) is 0.419. The minimum absolute atomic E-state index is 0.0131. The summed E-state index contributed by atoms with van der Waals surface area (Å²) in [6.07, 6.45) is -1.08. The van der Waals surface area contributed by atoms with Gasteiger partial charge in [0.15, 0.2) is 0 Å². The first-order valence-electron chi connectivity index (χ1n) is 14.0. The number of rotatable bonds is 8. The maximum atomic E-state index is 13.3. The molecule has 1 aromatic carbocycles. The van der Waals surface area contributed by atoms with Gasteiger partial charge in [0.2, 0.25) is 0 Å². The highest BCUT2D eigenvalue weighted by Gasteiger charge is 2.34. The first-order valence-corrected chi connectivity index (χ1v) is 14.0. The number of anilines is 2. The molecule has 1 aromatic heterocycles. The fourth-order valence-corrected chi connectivity index (χ4v) is 5.23. The highest BCUT2D eigenvalue weighted by Crippen LogP contribution is 2.35. The molecule has 1 aliphatic carbocycles. The Balaban J connectivity index is 1.26. The van der Waals surface area contributed by atoms with E-state index in [0.717, 1.165) is 36.9 Å². The molecule has 1 N–H and O–H groups in total. The summed E-state index contributed by atoms with van der Waals surface area (Å²) >= 11 is 0. The van der Waals surface area contributed by atoms with E-state index in [-0.39, 0.29) is 12.1 Å². The van der Waals surface area contributed by atoms with E-state index in [1.165, 1.54) is 25.1 Å². The lowest BCUT2D eigenvalue weighted by atomic mass is 9.92. The van der Waals surface area contributed by atoms with Crippen LogP contribution in [0.5, 0.6) is 5.75 Å². The average molecular weight is 606 g/mol. The van der Waals surface area contributed by atoms with Crippen molar-refractivity contribution in [1.82, 2.24) is 9.88 Å². The average Bonchev–Trinajstić information content (AvgIpc) is 2.97. The molecule has 0 bridgehead atoms. The van der Waals surface area contributed by atoms with Gasteiger partial charge in [-0.3, -0.25) is 0 Å². The van der Waals surface area contributed by atoms with E-state index in [1.807, 2.05) is 11.0 Å². The number of nitriles is 1. The fourth-order valence-electron chi connectivity index (χ4n) is 5.23. The standard InChI is InChI=1S/C31H33F6N5O/c1-3-23(30(32,33)34)6-4-21(2)41-14-16-42(17-15-41)29-19-27(12-13-39-29)43-26-10-8-24(9-11-26)40-25-7-5-22(20-38)28(18-25)31(35,36)37/h3-7,12-13,18-19,24,26,40H,2,8-11,14-17H2,1H3/b6-4-,23-3+. The van der Waals surface area contributed by atoms with Crippen molar-refractivity contribution >= 4 is 11.5 Å². The monoisotopic (exact) mass is 605 g/mol. The van der Waals surface area contributed by atoms with Crippen molar-refractivity contribution in [2.75, 3.05) is 36.4 Å². The summed E-state index contributed by atoms with van der Waals surface area (Å²) in [6.45, 7) is 7.65. The van der Waals surface area contributed by atoms with Crippen molar-refractivity contribution in [3.8, 4) is 11.8 Å². The molecule has 230 valence electrons. The molecular formula is C31H33F6N5O. The van der Waals surface area contributed by atoms with E-state index in [0.29, 0.717) is 56.2 Å². The Hall–Kier alpha value is -4.14. The first-order chi connectivity index (χ1) is 20.4. The lowest BCUT2D eigenvalue weighted by Gasteiger charge is -2.37. The Labute approximate surface area is 246 Å². The van der Waals surface area contributed by atoms with Crippen LogP contribution >= 0.6 is 0 Å². The summed E-state index contributed by atoms with van der Waals surface area (Å²) < 4.78 is 85.0. The second-order valence-electron chi connectivity index (χ2n) is 10.5. The van der Waals surface area contributed by atoms with Gasteiger partial charge in [-0.15, -0.1) is 0 Å². The second-order valence-corrected chi connectivity index (χ2v) is 10.5. The number of benzene rings is 1. The molecule has 6 nitrogen and oxygen atoms in total. The number of piperazine rings is 1. The van der Waals surface area contributed by atoms with Crippen LogP contribution in [0.3, 0.4) is 0 Å². The molecule has 1 saturated carbocycles. The van der Waals surface area contributed by atoms with E-state index in [1.54, 1.807) is 18.3 Å². The molecule has 43 heavy (non-hydrogen) atoms. The van der Waals surface area contributed by atoms with Crippen molar-refractivity contribution in [2.24, 2.45) is 0 Å². The van der Waals surface area contributed by atoms with Crippen molar-refractivity contribution < 1.29 is 31.1 Å². The SMILES string of the molecule is C=C(/C=C\C(=C/C)C(F)(F)F)N1CCN(c2cc(OC3CCC(Nc4ccc(C#N)c(C(F)(F)F)c4)CC3)ccn2)CC1. The van der Waals surface area contributed by atoms with Gasteiger partial charge in [0.1, 0.15) is 11.6 Å². The number of nitrogens with zero attached hydrogens (tertiary/aromatic N) is 4. The maximum absolute atomic E-state index is 13.3. The van der Waals surface area contributed by atoms with E-state index in [4.69, 9.17) is 10.00 Å².